The van der Waals surface area contributed by atoms with Gasteiger partial charge in [-0.1, -0.05) is 11.2 Å². The van der Waals surface area contributed by atoms with Crippen LogP contribution in [-0.4, -0.2) is 45.8 Å². The van der Waals surface area contributed by atoms with Crippen LogP contribution in [0, 0.1) is 17.1 Å². The van der Waals surface area contributed by atoms with E-state index in [4.69, 9.17) is 14.4 Å². The van der Waals surface area contributed by atoms with Gasteiger partial charge in [-0.05, 0) is 56.8 Å². The highest BCUT2D eigenvalue weighted by Crippen LogP contribution is 2.28. The number of nitrogens with zero attached hydrogens (tertiary/aromatic N) is 4. The molecule has 0 bridgehead atoms. The number of halogens is 2. The second-order valence-electron chi connectivity index (χ2n) is 7.29. The Labute approximate surface area is 190 Å². The van der Waals surface area contributed by atoms with E-state index in [1.807, 2.05) is 13.8 Å². The van der Waals surface area contributed by atoms with Crippen molar-refractivity contribution in [2.45, 2.75) is 26.5 Å². The Kier molecular flexibility index (Phi) is 8.29. The standard InChI is InChI=1S/C22H21FN4O4.ClH/c1-13(2)30-19-7-5-15(9-16(19)10-24)22-25-21(26-31-22)17-6-4-14(8-18(17)23)11-27(3)12-20(28)29;/h4-9,13H,11-12H2,1-3H3,(H,28,29);1H. The summed E-state index contributed by atoms with van der Waals surface area (Å²) >= 11 is 0. The van der Waals surface area contributed by atoms with Crippen LogP contribution in [0.2, 0.25) is 0 Å². The van der Waals surface area contributed by atoms with Gasteiger partial charge in [0.1, 0.15) is 17.6 Å². The molecule has 32 heavy (non-hydrogen) atoms. The van der Waals surface area contributed by atoms with E-state index in [0.29, 0.717) is 22.4 Å². The first kappa shape index (κ1) is 24.8. The zero-order valence-electron chi connectivity index (χ0n) is 17.7. The van der Waals surface area contributed by atoms with Crippen LogP contribution in [0.15, 0.2) is 40.9 Å². The highest BCUT2D eigenvalue weighted by atomic mass is 35.5. The van der Waals surface area contributed by atoms with Gasteiger partial charge in [-0.3, -0.25) is 9.69 Å². The summed E-state index contributed by atoms with van der Waals surface area (Å²) in [6.07, 6.45) is -0.0807. The molecule has 0 unspecified atom stereocenters. The van der Waals surface area contributed by atoms with Crippen LogP contribution >= 0.6 is 12.4 Å². The maximum absolute atomic E-state index is 14.6. The molecule has 0 spiro atoms. The summed E-state index contributed by atoms with van der Waals surface area (Å²) in [6, 6.07) is 11.5. The molecule has 3 aromatic rings. The molecule has 168 valence electrons. The number of rotatable bonds is 8. The summed E-state index contributed by atoms with van der Waals surface area (Å²) in [7, 11) is 1.64. The molecule has 0 aliphatic rings. The Morgan fingerprint density at radius 2 is 2.06 bits per heavy atom. The number of carboxylic acid groups (broad SMARTS) is 1. The smallest absolute Gasteiger partial charge is 0.317 e. The fourth-order valence-electron chi connectivity index (χ4n) is 2.99. The van der Waals surface area contributed by atoms with Gasteiger partial charge in [-0.15, -0.1) is 12.4 Å². The van der Waals surface area contributed by atoms with Gasteiger partial charge in [0, 0.05) is 12.1 Å². The van der Waals surface area contributed by atoms with Crippen LogP contribution in [0.4, 0.5) is 4.39 Å². The summed E-state index contributed by atoms with van der Waals surface area (Å²) in [5, 5.41) is 22.1. The SMILES string of the molecule is CC(C)Oc1ccc(-c2nc(-c3ccc(CN(C)CC(=O)O)cc3F)no2)cc1C#N.Cl. The summed E-state index contributed by atoms with van der Waals surface area (Å²) < 4.78 is 25.5. The fourth-order valence-corrected chi connectivity index (χ4v) is 2.99. The molecule has 0 saturated carbocycles. The molecule has 8 nitrogen and oxygen atoms in total. The van der Waals surface area contributed by atoms with Crippen molar-refractivity contribution >= 4 is 18.4 Å². The molecule has 0 fully saturated rings. The number of aromatic nitrogens is 2. The molecule has 0 amide bonds. The minimum Gasteiger partial charge on any atom is -0.490 e. The summed E-state index contributed by atoms with van der Waals surface area (Å²) in [4.78, 5) is 16.6. The quantitative estimate of drug-likeness (QED) is 0.533. The number of likely N-dealkylation sites (N-methyl/N-ethyl adjacent to an activating group) is 1. The monoisotopic (exact) mass is 460 g/mol. The molecule has 1 N–H and O–H groups in total. The fraction of sp³-hybridized carbons (Fsp3) is 0.273. The summed E-state index contributed by atoms with van der Waals surface area (Å²) in [5.74, 6) is -0.837. The van der Waals surface area contributed by atoms with Gasteiger partial charge in [-0.25, -0.2) is 4.39 Å². The predicted octanol–water partition coefficient (Wildman–Crippen LogP) is 4.14. The second-order valence-corrected chi connectivity index (χ2v) is 7.29. The van der Waals surface area contributed by atoms with Gasteiger partial charge in [0.25, 0.3) is 5.89 Å². The first-order valence-electron chi connectivity index (χ1n) is 9.51. The number of carboxylic acids is 1. The molecular weight excluding hydrogens is 439 g/mol. The van der Waals surface area contributed by atoms with Crippen molar-refractivity contribution in [3.05, 3.63) is 53.3 Å². The minimum atomic E-state index is -0.956. The van der Waals surface area contributed by atoms with Crippen LogP contribution < -0.4 is 4.74 Å². The van der Waals surface area contributed by atoms with Gasteiger partial charge in [0.05, 0.1) is 23.8 Å². The first-order chi connectivity index (χ1) is 14.8. The van der Waals surface area contributed by atoms with Gasteiger partial charge < -0.3 is 14.4 Å². The zero-order chi connectivity index (χ0) is 22.5. The molecule has 3 rings (SSSR count). The minimum absolute atomic E-state index is 0. The molecule has 2 aromatic carbocycles. The highest BCUT2D eigenvalue weighted by molar-refractivity contribution is 5.85. The average molecular weight is 461 g/mol. The highest BCUT2D eigenvalue weighted by Gasteiger charge is 2.17. The lowest BCUT2D eigenvalue weighted by atomic mass is 10.1. The van der Waals surface area contributed by atoms with E-state index in [2.05, 4.69) is 16.2 Å². The number of carbonyl (C=O) groups is 1. The van der Waals surface area contributed by atoms with Crippen LogP contribution in [0.3, 0.4) is 0 Å². The lowest BCUT2D eigenvalue weighted by molar-refractivity contribution is -0.138. The maximum atomic E-state index is 14.6. The molecule has 0 aliphatic carbocycles. The number of hydrogen-bond acceptors (Lipinski definition) is 7. The lowest BCUT2D eigenvalue weighted by Crippen LogP contribution is -2.25. The van der Waals surface area contributed by atoms with Crippen molar-refractivity contribution in [2.75, 3.05) is 13.6 Å². The molecule has 0 aliphatic heterocycles. The average Bonchev–Trinajstić information content (AvgIpc) is 3.17. The van der Waals surface area contributed by atoms with Crippen molar-refractivity contribution in [1.29, 1.82) is 5.26 Å². The van der Waals surface area contributed by atoms with Crippen molar-refractivity contribution < 1.29 is 23.6 Å². The van der Waals surface area contributed by atoms with Crippen LogP contribution in [0.25, 0.3) is 22.8 Å². The Hall–Kier alpha value is -3.48. The lowest BCUT2D eigenvalue weighted by Gasteiger charge is -2.14. The zero-order valence-corrected chi connectivity index (χ0v) is 18.5. The largest absolute Gasteiger partial charge is 0.490 e. The van der Waals surface area contributed by atoms with Crippen LogP contribution in [0.1, 0.15) is 25.0 Å². The van der Waals surface area contributed by atoms with Crippen LogP contribution in [0.5, 0.6) is 5.75 Å². The molecule has 1 aromatic heterocycles. The van der Waals surface area contributed by atoms with Gasteiger partial charge in [0.15, 0.2) is 0 Å². The van der Waals surface area contributed by atoms with E-state index in [1.165, 1.54) is 12.1 Å². The number of hydrogen-bond donors (Lipinski definition) is 1. The molecule has 0 saturated heterocycles. The number of ether oxygens (including phenoxy) is 1. The molecule has 0 atom stereocenters. The Morgan fingerprint density at radius 3 is 2.69 bits per heavy atom. The van der Waals surface area contributed by atoms with Gasteiger partial charge in [-0.2, -0.15) is 10.2 Å². The van der Waals surface area contributed by atoms with E-state index in [0.717, 1.165) is 0 Å². The second kappa shape index (κ2) is 10.7. The van der Waals surface area contributed by atoms with E-state index in [1.54, 1.807) is 36.2 Å². The van der Waals surface area contributed by atoms with E-state index >= 15 is 0 Å². The molecule has 0 radical (unpaired) electrons. The Balaban J connectivity index is 0.00000363. The molecular formula is C22H22ClFN4O4. The predicted molar refractivity (Wildman–Crippen MR) is 117 cm³/mol. The summed E-state index contributed by atoms with van der Waals surface area (Å²) in [5.41, 5.74) is 1.61. The van der Waals surface area contributed by atoms with E-state index in [9.17, 15) is 14.4 Å². The van der Waals surface area contributed by atoms with Crippen molar-refractivity contribution in [3.63, 3.8) is 0 Å². The van der Waals surface area contributed by atoms with Crippen LogP contribution in [-0.2, 0) is 11.3 Å². The first-order valence-corrected chi connectivity index (χ1v) is 9.51. The maximum Gasteiger partial charge on any atom is 0.317 e. The molecule has 1 heterocycles. The Morgan fingerprint density at radius 1 is 1.31 bits per heavy atom. The third-order valence-electron chi connectivity index (χ3n) is 4.27. The third kappa shape index (κ3) is 6.03. The third-order valence-corrected chi connectivity index (χ3v) is 4.27. The molecule has 10 heteroatoms. The van der Waals surface area contributed by atoms with Gasteiger partial charge >= 0.3 is 5.97 Å². The normalized spacial score (nSPS) is 10.7. The van der Waals surface area contributed by atoms with E-state index < -0.39 is 11.8 Å². The summed E-state index contributed by atoms with van der Waals surface area (Å²) in [6.45, 7) is 3.86. The number of aliphatic carboxylic acids is 1. The number of benzene rings is 2. The van der Waals surface area contributed by atoms with Crippen molar-refractivity contribution in [2.24, 2.45) is 0 Å². The van der Waals surface area contributed by atoms with Gasteiger partial charge in [0.2, 0.25) is 5.82 Å². The number of nitriles is 1. The van der Waals surface area contributed by atoms with E-state index in [-0.39, 0.29) is 48.9 Å². The van der Waals surface area contributed by atoms with Crippen molar-refractivity contribution in [3.8, 4) is 34.7 Å². The van der Waals surface area contributed by atoms with Crippen molar-refractivity contribution in [1.82, 2.24) is 15.0 Å². The topological polar surface area (TPSA) is 112 Å². The Bertz CT molecular complexity index is 1140.